The van der Waals surface area contributed by atoms with E-state index >= 15 is 0 Å². The van der Waals surface area contributed by atoms with E-state index in [4.69, 9.17) is 14.2 Å². The summed E-state index contributed by atoms with van der Waals surface area (Å²) in [6.45, 7) is 4.48. The number of amides is 2. The maximum Gasteiger partial charge on any atom is 0.259 e. The Morgan fingerprint density at radius 1 is 1.24 bits per heavy atom. The molecule has 5 rings (SSSR count). The van der Waals surface area contributed by atoms with Crippen molar-refractivity contribution in [1.82, 2.24) is 14.8 Å². The molecule has 0 bridgehead atoms. The Morgan fingerprint density at radius 2 is 2.05 bits per heavy atom. The average Bonchev–Trinajstić information content (AvgIpc) is 3.42. The molecular formula is C29H35N3O6. The number of allylic oxidation sites excluding steroid dienone is 2. The third-order valence-electron chi connectivity index (χ3n) is 7.60. The van der Waals surface area contributed by atoms with E-state index in [0.29, 0.717) is 29.2 Å². The second kappa shape index (κ2) is 11.0. The molecule has 3 heterocycles. The monoisotopic (exact) mass is 521 g/mol. The lowest BCUT2D eigenvalue weighted by molar-refractivity contribution is 0.0313. The number of aliphatic hydroxyl groups is 1. The normalized spacial score (nSPS) is 21.5. The molecule has 0 spiro atoms. The number of ether oxygens (including phenoxy) is 3. The van der Waals surface area contributed by atoms with Crippen LogP contribution in [0.25, 0.3) is 5.57 Å². The Bertz CT molecular complexity index is 1240. The van der Waals surface area contributed by atoms with Gasteiger partial charge < -0.3 is 29.1 Å². The standard InChI is InChI=1S/C29H35N3O6/c1-18-14-32(19(2)16-33)29(35)23-11-22(20-7-5-4-6-8-20)13-30-27(23)38-26(18)15-31(3)28(34)21-9-10-24-25(12-21)37-17-36-24/h7,9-13,18-19,26,33H,4-6,8,14-17H2,1-3H3/t18-,19-,26+/m1/s1. The van der Waals surface area contributed by atoms with Crippen LogP contribution in [0.4, 0.5) is 0 Å². The minimum Gasteiger partial charge on any atom is -0.472 e. The van der Waals surface area contributed by atoms with Crippen LogP contribution in [0, 0.1) is 5.92 Å². The van der Waals surface area contributed by atoms with Crippen LogP contribution < -0.4 is 14.2 Å². The molecule has 0 fully saturated rings. The first-order valence-electron chi connectivity index (χ1n) is 13.3. The molecule has 2 aliphatic heterocycles. The minimum atomic E-state index is -0.426. The van der Waals surface area contributed by atoms with Gasteiger partial charge in [0, 0.05) is 31.3 Å². The van der Waals surface area contributed by atoms with E-state index in [9.17, 15) is 14.7 Å². The van der Waals surface area contributed by atoms with Crippen LogP contribution >= 0.6 is 0 Å². The molecule has 1 N–H and O–H groups in total. The van der Waals surface area contributed by atoms with Gasteiger partial charge in [-0.3, -0.25) is 9.59 Å². The molecule has 38 heavy (non-hydrogen) atoms. The largest absolute Gasteiger partial charge is 0.472 e. The molecule has 1 aromatic heterocycles. The second-order valence-electron chi connectivity index (χ2n) is 10.4. The van der Waals surface area contributed by atoms with Crippen LogP contribution in [0.3, 0.4) is 0 Å². The third kappa shape index (κ3) is 5.20. The fourth-order valence-electron chi connectivity index (χ4n) is 5.20. The summed E-state index contributed by atoms with van der Waals surface area (Å²) in [6.07, 6.45) is 7.83. The van der Waals surface area contributed by atoms with Crippen LogP contribution in [-0.4, -0.2) is 77.4 Å². The molecule has 0 unspecified atom stereocenters. The van der Waals surface area contributed by atoms with Gasteiger partial charge in [0.25, 0.3) is 11.8 Å². The quantitative estimate of drug-likeness (QED) is 0.618. The number of hydrogen-bond donors (Lipinski definition) is 1. The highest BCUT2D eigenvalue weighted by Crippen LogP contribution is 2.34. The van der Waals surface area contributed by atoms with Crippen LogP contribution in [-0.2, 0) is 0 Å². The number of benzene rings is 1. The van der Waals surface area contributed by atoms with E-state index in [1.807, 2.05) is 19.9 Å². The van der Waals surface area contributed by atoms with Crippen LogP contribution in [0.1, 0.15) is 65.8 Å². The zero-order valence-corrected chi connectivity index (χ0v) is 22.2. The van der Waals surface area contributed by atoms with Crippen molar-refractivity contribution >= 4 is 17.4 Å². The molecule has 3 atom stereocenters. The van der Waals surface area contributed by atoms with Gasteiger partial charge in [-0.15, -0.1) is 0 Å². The molecule has 9 nitrogen and oxygen atoms in total. The van der Waals surface area contributed by atoms with Crippen molar-refractivity contribution in [3.05, 3.63) is 53.2 Å². The smallest absolute Gasteiger partial charge is 0.259 e. The summed E-state index contributed by atoms with van der Waals surface area (Å²) in [5, 5.41) is 9.91. The van der Waals surface area contributed by atoms with Gasteiger partial charge in [0.2, 0.25) is 12.7 Å². The highest BCUT2D eigenvalue weighted by atomic mass is 16.7. The van der Waals surface area contributed by atoms with Crippen molar-refractivity contribution in [3.8, 4) is 17.4 Å². The molecule has 202 valence electrons. The predicted octanol–water partition coefficient (Wildman–Crippen LogP) is 3.76. The number of pyridine rings is 1. The van der Waals surface area contributed by atoms with Gasteiger partial charge in [-0.2, -0.15) is 0 Å². The Morgan fingerprint density at radius 3 is 2.82 bits per heavy atom. The summed E-state index contributed by atoms with van der Waals surface area (Å²) in [7, 11) is 1.73. The summed E-state index contributed by atoms with van der Waals surface area (Å²) < 4.78 is 17.2. The summed E-state index contributed by atoms with van der Waals surface area (Å²) in [4.78, 5) is 34.8. The van der Waals surface area contributed by atoms with Crippen molar-refractivity contribution < 1.29 is 28.9 Å². The topological polar surface area (TPSA) is 101 Å². The van der Waals surface area contributed by atoms with Crippen LogP contribution in [0.5, 0.6) is 17.4 Å². The van der Waals surface area contributed by atoms with E-state index in [1.165, 1.54) is 12.0 Å². The Kier molecular flexibility index (Phi) is 7.56. The fraction of sp³-hybridized carbons (Fsp3) is 0.483. The highest BCUT2D eigenvalue weighted by molar-refractivity contribution is 5.97. The highest BCUT2D eigenvalue weighted by Gasteiger charge is 2.35. The minimum absolute atomic E-state index is 0.129. The van der Waals surface area contributed by atoms with Crippen molar-refractivity contribution in [2.75, 3.05) is 33.5 Å². The number of fused-ring (bicyclic) bond motifs is 2. The van der Waals surface area contributed by atoms with E-state index in [0.717, 1.165) is 24.8 Å². The van der Waals surface area contributed by atoms with Gasteiger partial charge in [-0.1, -0.05) is 13.0 Å². The Labute approximate surface area is 223 Å². The number of aromatic nitrogens is 1. The van der Waals surface area contributed by atoms with E-state index in [2.05, 4.69) is 11.1 Å². The van der Waals surface area contributed by atoms with Gasteiger partial charge in [0.1, 0.15) is 11.7 Å². The van der Waals surface area contributed by atoms with E-state index < -0.39 is 6.10 Å². The molecule has 1 aliphatic carbocycles. The van der Waals surface area contributed by atoms with Crippen LogP contribution in [0.2, 0.25) is 0 Å². The molecule has 0 saturated heterocycles. The van der Waals surface area contributed by atoms with Crippen LogP contribution in [0.15, 0.2) is 36.5 Å². The first-order chi connectivity index (χ1) is 18.4. The molecule has 1 aromatic carbocycles. The Balaban J connectivity index is 1.42. The fourth-order valence-corrected chi connectivity index (χ4v) is 5.20. The zero-order chi connectivity index (χ0) is 26.8. The average molecular weight is 522 g/mol. The van der Waals surface area contributed by atoms with Crippen molar-refractivity contribution in [2.45, 2.75) is 51.7 Å². The molecule has 0 radical (unpaired) electrons. The van der Waals surface area contributed by atoms with Crippen molar-refractivity contribution in [1.29, 1.82) is 0 Å². The molecule has 3 aliphatic rings. The lowest BCUT2D eigenvalue weighted by Gasteiger charge is -2.37. The lowest BCUT2D eigenvalue weighted by atomic mass is 9.93. The molecule has 9 heteroatoms. The van der Waals surface area contributed by atoms with E-state index in [-0.39, 0.29) is 49.6 Å². The third-order valence-corrected chi connectivity index (χ3v) is 7.60. The van der Waals surface area contributed by atoms with Crippen molar-refractivity contribution in [3.63, 3.8) is 0 Å². The number of likely N-dealkylation sites (N-methyl/N-ethyl adjacent to an activating group) is 1. The number of rotatable bonds is 6. The maximum absolute atomic E-state index is 13.7. The number of carbonyl (C=O) groups excluding carboxylic acids is 2. The number of aliphatic hydroxyl groups excluding tert-OH is 1. The van der Waals surface area contributed by atoms with E-state index in [1.54, 1.807) is 41.2 Å². The maximum atomic E-state index is 13.7. The molecule has 2 amide bonds. The summed E-state index contributed by atoms with van der Waals surface area (Å²) in [5.41, 5.74) is 3.00. The summed E-state index contributed by atoms with van der Waals surface area (Å²) in [6, 6.07) is 6.63. The summed E-state index contributed by atoms with van der Waals surface area (Å²) >= 11 is 0. The first-order valence-corrected chi connectivity index (χ1v) is 13.3. The molecular weight excluding hydrogens is 486 g/mol. The molecule has 2 aromatic rings. The lowest BCUT2D eigenvalue weighted by Crippen LogP contribution is -2.50. The number of nitrogens with zero attached hydrogens (tertiary/aromatic N) is 3. The zero-order valence-electron chi connectivity index (χ0n) is 22.2. The first kappa shape index (κ1) is 26.0. The second-order valence-corrected chi connectivity index (χ2v) is 10.4. The summed E-state index contributed by atoms with van der Waals surface area (Å²) in [5.74, 6) is 0.915. The van der Waals surface area contributed by atoms with Gasteiger partial charge in [0.05, 0.1) is 19.2 Å². The number of carbonyl (C=O) groups is 2. The van der Waals surface area contributed by atoms with Gasteiger partial charge >= 0.3 is 0 Å². The van der Waals surface area contributed by atoms with Gasteiger partial charge in [-0.25, -0.2) is 4.98 Å². The SMILES string of the molecule is C[C@@H]1CN([C@H](C)CO)C(=O)c2cc(C3=CCCCC3)cnc2O[C@H]1CN(C)C(=O)c1ccc2c(c1)OCO2. The van der Waals surface area contributed by atoms with Gasteiger partial charge in [-0.05, 0) is 68.0 Å². The number of hydrogen-bond acceptors (Lipinski definition) is 7. The molecule has 0 saturated carbocycles. The van der Waals surface area contributed by atoms with Crippen molar-refractivity contribution in [2.24, 2.45) is 5.92 Å². The van der Waals surface area contributed by atoms with Gasteiger partial charge in [0.15, 0.2) is 11.5 Å². The predicted molar refractivity (Wildman–Crippen MR) is 141 cm³/mol. The Hall–Kier alpha value is -3.59.